The van der Waals surface area contributed by atoms with Gasteiger partial charge in [0.1, 0.15) is 0 Å². The number of fused-ring (bicyclic) bond motifs is 1. The Kier molecular flexibility index (Phi) is 7.62. The van der Waals surface area contributed by atoms with E-state index in [0.717, 1.165) is 61.3 Å². The molecule has 4 heterocycles. The van der Waals surface area contributed by atoms with Crippen LogP contribution in [0.4, 0.5) is 10.3 Å². The summed E-state index contributed by atoms with van der Waals surface area (Å²) >= 11 is 0. The van der Waals surface area contributed by atoms with Gasteiger partial charge >= 0.3 is 0 Å². The fourth-order valence-corrected chi connectivity index (χ4v) is 5.59. The van der Waals surface area contributed by atoms with Crippen molar-refractivity contribution < 1.29 is 18.7 Å². The maximum absolute atomic E-state index is 14.0. The average Bonchev–Trinajstić information content (AvgIpc) is 3.58. The predicted molar refractivity (Wildman–Crippen MR) is 142 cm³/mol. The second-order valence-electron chi connectivity index (χ2n) is 9.96. The van der Waals surface area contributed by atoms with Crippen LogP contribution in [0.15, 0.2) is 36.8 Å². The van der Waals surface area contributed by atoms with E-state index in [2.05, 4.69) is 26.3 Å². The van der Waals surface area contributed by atoms with Crippen LogP contribution >= 0.6 is 0 Å². The minimum atomic E-state index is -0.522. The van der Waals surface area contributed by atoms with Gasteiger partial charge in [0.25, 0.3) is 5.91 Å². The van der Waals surface area contributed by atoms with Crippen LogP contribution in [0.3, 0.4) is 0 Å². The lowest BCUT2D eigenvalue weighted by Crippen LogP contribution is -2.40. The van der Waals surface area contributed by atoms with Gasteiger partial charge in [-0.15, -0.1) is 0 Å². The summed E-state index contributed by atoms with van der Waals surface area (Å²) in [6, 6.07) is 5.49. The summed E-state index contributed by atoms with van der Waals surface area (Å²) in [7, 11) is 5.03. The quantitative estimate of drug-likeness (QED) is 0.461. The number of nitrogens with one attached hydrogen (secondary N) is 1. The van der Waals surface area contributed by atoms with Gasteiger partial charge in [-0.05, 0) is 42.5 Å². The zero-order valence-corrected chi connectivity index (χ0v) is 22.4. The molecule has 1 N–H and O–H groups in total. The normalized spacial score (nSPS) is 18.5. The van der Waals surface area contributed by atoms with Gasteiger partial charge < -0.3 is 24.3 Å². The first-order valence-corrected chi connectivity index (χ1v) is 13.0. The third-order valence-corrected chi connectivity index (χ3v) is 7.70. The number of pyridine rings is 1. The van der Waals surface area contributed by atoms with Gasteiger partial charge in [-0.3, -0.25) is 14.7 Å². The van der Waals surface area contributed by atoms with E-state index in [9.17, 15) is 9.18 Å². The Balaban J connectivity index is 1.48. The van der Waals surface area contributed by atoms with Crippen LogP contribution in [-0.4, -0.2) is 77.2 Å². The van der Waals surface area contributed by atoms with Crippen molar-refractivity contribution in [2.24, 2.45) is 0 Å². The number of imidazole rings is 1. The van der Waals surface area contributed by atoms with E-state index in [1.165, 1.54) is 12.7 Å². The minimum absolute atomic E-state index is 0.0393. The molecular formula is C28H35FN6O3. The smallest absolute Gasteiger partial charge is 0.254 e. The Morgan fingerprint density at radius 2 is 2.03 bits per heavy atom. The van der Waals surface area contributed by atoms with Gasteiger partial charge in [-0.1, -0.05) is 6.07 Å². The number of anilines is 1. The zero-order valence-electron chi connectivity index (χ0n) is 22.4. The third kappa shape index (κ3) is 5.10. The number of hydrogen-bond donors (Lipinski definition) is 1. The van der Waals surface area contributed by atoms with Crippen molar-refractivity contribution in [3.63, 3.8) is 0 Å². The molecule has 202 valence electrons. The van der Waals surface area contributed by atoms with Crippen molar-refractivity contribution >= 4 is 11.9 Å². The standard InChI is InChI=1S/C28H35FN6O3/c1-18(25-13-26(38-4)24(29)14-32-25)35-9-6-22-20(16-33-8-5-21(17-33)37-3)11-19(12-23(22)27(35)36)15-34-10-7-31-28(34)30-2/h7,10-14,18,21H,5-6,8-9,15-17H2,1-4H3,(H,30,31)/t18-,21+/m0/s1. The Hall–Kier alpha value is -3.50. The number of likely N-dealkylation sites (tertiary alicyclic amines) is 1. The minimum Gasteiger partial charge on any atom is -0.494 e. The second-order valence-corrected chi connectivity index (χ2v) is 9.96. The van der Waals surface area contributed by atoms with Crippen LogP contribution < -0.4 is 10.1 Å². The number of halogens is 1. The van der Waals surface area contributed by atoms with Crippen molar-refractivity contribution in [2.75, 3.05) is 46.2 Å². The van der Waals surface area contributed by atoms with Crippen molar-refractivity contribution in [3.8, 4) is 5.75 Å². The molecule has 5 rings (SSSR count). The Morgan fingerprint density at radius 3 is 2.76 bits per heavy atom. The molecule has 0 bridgehead atoms. The van der Waals surface area contributed by atoms with E-state index in [0.29, 0.717) is 18.8 Å². The highest BCUT2D eigenvalue weighted by atomic mass is 19.1. The van der Waals surface area contributed by atoms with E-state index in [1.54, 1.807) is 19.4 Å². The van der Waals surface area contributed by atoms with Crippen molar-refractivity contribution in [1.29, 1.82) is 0 Å². The van der Waals surface area contributed by atoms with Gasteiger partial charge in [-0.25, -0.2) is 9.37 Å². The number of ether oxygens (including phenoxy) is 2. The van der Waals surface area contributed by atoms with E-state index in [1.807, 2.05) is 35.7 Å². The Morgan fingerprint density at radius 1 is 1.18 bits per heavy atom. The summed E-state index contributed by atoms with van der Waals surface area (Å²) < 4.78 is 26.7. The highest BCUT2D eigenvalue weighted by Gasteiger charge is 2.32. The summed E-state index contributed by atoms with van der Waals surface area (Å²) in [4.78, 5) is 26.8. The number of hydrogen-bond acceptors (Lipinski definition) is 7. The third-order valence-electron chi connectivity index (χ3n) is 7.70. The molecule has 0 saturated carbocycles. The number of aromatic nitrogens is 3. The SMILES string of the molecule is CNc1nccn1Cc1cc(CN2CC[C@@H](OC)C2)c2c(c1)C(=O)N([C@@H](C)c1cc(OC)c(F)cn1)CC2. The van der Waals surface area contributed by atoms with E-state index < -0.39 is 5.82 Å². The van der Waals surface area contributed by atoms with Crippen LogP contribution in [0.1, 0.15) is 52.1 Å². The second kappa shape index (κ2) is 11.1. The summed E-state index contributed by atoms with van der Waals surface area (Å²) in [5.41, 5.74) is 4.64. The molecule has 3 aromatic rings. The van der Waals surface area contributed by atoms with Gasteiger partial charge in [0.2, 0.25) is 5.95 Å². The first-order valence-electron chi connectivity index (χ1n) is 13.0. The number of benzene rings is 1. The number of carbonyl (C=O) groups is 1. The van der Waals surface area contributed by atoms with Crippen LogP contribution in [0.2, 0.25) is 0 Å². The van der Waals surface area contributed by atoms with Crippen LogP contribution in [0, 0.1) is 5.82 Å². The molecule has 1 saturated heterocycles. The van der Waals surface area contributed by atoms with Crippen molar-refractivity contribution in [1.82, 2.24) is 24.3 Å². The van der Waals surface area contributed by atoms with E-state index >= 15 is 0 Å². The first-order chi connectivity index (χ1) is 18.4. The van der Waals surface area contributed by atoms with E-state index in [4.69, 9.17) is 9.47 Å². The molecule has 2 aliphatic rings. The number of methoxy groups -OCH3 is 2. The average molecular weight is 523 g/mol. The number of nitrogens with zero attached hydrogens (tertiary/aromatic N) is 5. The van der Waals surface area contributed by atoms with Crippen LogP contribution in [-0.2, 0) is 24.2 Å². The molecule has 1 fully saturated rings. The van der Waals surface area contributed by atoms with Crippen molar-refractivity contribution in [3.05, 3.63) is 70.6 Å². The lowest BCUT2D eigenvalue weighted by Gasteiger charge is -2.35. The summed E-state index contributed by atoms with van der Waals surface area (Å²) in [6.45, 7) is 5.71. The van der Waals surface area contributed by atoms with Gasteiger partial charge in [-0.2, -0.15) is 0 Å². The molecule has 10 heteroatoms. The number of amides is 1. The molecule has 0 aliphatic carbocycles. The predicted octanol–water partition coefficient (Wildman–Crippen LogP) is 3.50. The molecular weight excluding hydrogens is 487 g/mol. The molecule has 0 radical (unpaired) electrons. The van der Waals surface area contributed by atoms with Gasteiger partial charge in [0.15, 0.2) is 11.6 Å². The maximum Gasteiger partial charge on any atom is 0.254 e. The lowest BCUT2D eigenvalue weighted by molar-refractivity contribution is 0.0667. The first kappa shape index (κ1) is 26.1. The molecule has 1 amide bonds. The summed E-state index contributed by atoms with van der Waals surface area (Å²) in [6.07, 6.45) is 6.84. The lowest BCUT2D eigenvalue weighted by atomic mass is 9.90. The molecule has 0 spiro atoms. The van der Waals surface area contributed by atoms with Crippen LogP contribution in [0.5, 0.6) is 5.75 Å². The highest BCUT2D eigenvalue weighted by molar-refractivity contribution is 5.97. The number of rotatable bonds is 9. The molecule has 9 nitrogen and oxygen atoms in total. The molecule has 38 heavy (non-hydrogen) atoms. The summed E-state index contributed by atoms with van der Waals surface area (Å²) in [5, 5.41) is 3.12. The largest absolute Gasteiger partial charge is 0.494 e. The molecule has 1 aromatic carbocycles. The van der Waals surface area contributed by atoms with Crippen LogP contribution in [0.25, 0.3) is 0 Å². The van der Waals surface area contributed by atoms with Crippen molar-refractivity contribution in [2.45, 2.75) is 45.0 Å². The molecule has 0 unspecified atom stereocenters. The highest BCUT2D eigenvalue weighted by Crippen LogP contribution is 2.32. The summed E-state index contributed by atoms with van der Waals surface area (Å²) in [5.74, 6) is 0.329. The number of carbonyl (C=O) groups excluding carboxylic acids is 1. The molecule has 2 aliphatic heterocycles. The zero-order chi connectivity index (χ0) is 26.8. The van der Waals surface area contributed by atoms with Gasteiger partial charge in [0.05, 0.1) is 37.7 Å². The Bertz CT molecular complexity index is 1310. The fraction of sp³-hybridized carbons (Fsp3) is 0.464. The monoisotopic (exact) mass is 522 g/mol. The fourth-order valence-electron chi connectivity index (χ4n) is 5.59. The molecule has 2 aromatic heterocycles. The Labute approximate surface area is 222 Å². The maximum atomic E-state index is 14.0. The molecule has 2 atom stereocenters. The topological polar surface area (TPSA) is 84.8 Å². The van der Waals surface area contributed by atoms with E-state index in [-0.39, 0.29) is 23.8 Å². The van der Waals surface area contributed by atoms with Gasteiger partial charge in [0, 0.05) is 64.4 Å².